The second-order valence-corrected chi connectivity index (χ2v) is 15.1. The minimum absolute atomic E-state index is 0.553. The van der Waals surface area contributed by atoms with E-state index in [0.717, 1.165) is 112 Å². The van der Waals surface area contributed by atoms with E-state index >= 15 is 0 Å². The monoisotopic (exact) mass is 790 g/mol. The molecule has 4 aromatic carbocycles. The van der Waals surface area contributed by atoms with Crippen LogP contribution in [0.15, 0.2) is 133 Å². The molecule has 0 aliphatic carbocycles. The van der Waals surface area contributed by atoms with Gasteiger partial charge in [0.15, 0.2) is 0 Å². The molecular formula is C52H46N4O4. The van der Waals surface area contributed by atoms with Gasteiger partial charge < -0.3 is 28.9 Å². The molecule has 0 fully saturated rings. The molecule has 2 aliphatic rings. The van der Waals surface area contributed by atoms with E-state index in [-0.39, 0.29) is 0 Å². The normalized spacial score (nSPS) is 12.4. The quantitative estimate of drug-likeness (QED) is 0.128. The zero-order valence-corrected chi connectivity index (χ0v) is 34.2. The van der Waals surface area contributed by atoms with E-state index in [9.17, 15) is 0 Å². The van der Waals surface area contributed by atoms with E-state index in [0.29, 0.717) is 26.4 Å². The van der Waals surface area contributed by atoms with Crippen LogP contribution in [-0.2, 0) is 45.4 Å². The van der Waals surface area contributed by atoms with Crippen LogP contribution in [0.1, 0.15) is 56.2 Å². The Hall–Kier alpha value is -6.68. The minimum Gasteiger partial charge on any atom is -0.380 e. The van der Waals surface area contributed by atoms with Gasteiger partial charge in [-0.1, -0.05) is 97.1 Å². The molecule has 0 atom stereocenters. The average molecular weight is 791 g/mol. The number of hydrogen-bond acceptors (Lipinski definition) is 6. The van der Waals surface area contributed by atoms with Gasteiger partial charge in [0, 0.05) is 61.7 Å². The van der Waals surface area contributed by atoms with E-state index in [1.54, 1.807) is 28.4 Å². The fourth-order valence-corrected chi connectivity index (χ4v) is 7.93. The highest BCUT2D eigenvalue weighted by Gasteiger charge is 2.18. The number of rotatable bonds is 12. The number of nitrogens with zero attached hydrogens (tertiary/aromatic N) is 2. The van der Waals surface area contributed by atoms with Crippen molar-refractivity contribution in [1.82, 2.24) is 19.9 Å². The first-order chi connectivity index (χ1) is 29.5. The molecule has 0 saturated carbocycles. The molecule has 5 heterocycles. The number of ether oxygens (including phenoxy) is 4. The Morgan fingerprint density at radius 1 is 0.367 bits per heavy atom. The lowest BCUT2D eigenvalue weighted by Gasteiger charge is -2.05. The Morgan fingerprint density at radius 2 is 0.683 bits per heavy atom. The highest BCUT2D eigenvalue weighted by molar-refractivity contribution is 5.99. The average Bonchev–Trinajstić information content (AvgIpc) is 4.09. The molecule has 2 aliphatic heterocycles. The van der Waals surface area contributed by atoms with Gasteiger partial charge in [-0.25, -0.2) is 9.97 Å². The first kappa shape index (κ1) is 38.8. The first-order valence-electron chi connectivity index (χ1n) is 20.0. The summed E-state index contributed by atoms with van der Waals surface area (Å²) in [5.41, 5.74) is 20.1. The molecule has 60 heavy (non-hydrogen) atoms. The number of methoxy groups -OCH3 is 4. The number of nitrogens with one attached hydrogen (secondary N) is 2. The van der Waals surface area contributed by atoms with Gasteiger partial charge in [0.2, 0.25) is 0 Å². The maximum absolute atomic E-state index is 5.41. The molecule has 298 valence electrons. The van der Waals surface area contributed by atoms with Crippen molar-refractivity contribution in [3.05, 3.63) is 190 Å². The van der Waals surface area contributed by atoms with Crippen molar-refractivity contribution in [2.24, 2.45) is 0 Å². The molecule has 7 aromatic rings. The second kappa shape index (κ2) is 17.3. The molecular weight excluding hydrogens is 745 g/mol. The zero-order valence-electron chi connectivity index (χ0n) is 34.2. The van der Waals surface area contributed by atoms with Crippen LogP contribution in [0.4, 0.5) is 0 Å². The summed E-state index contributed by atoms with van der Waals surface area (Å²) in [5, 5.41) is 0. The highest BCUT2D eigenvalue weighted by Crippen LogP contribution is 2.36. The summed E-state index contributed by atoms with van der Waals surface area (Å²) in [7, 11) is 6.87. The minimum atomic E-state index is 0.553. The predicted molar refractivity (Wildman–Crippen MR) is 242 cm³/mol. The summed E-state index contributed by atoms with van der Waals surface area (Å²) < 4.78 is 21.6. The fourth-order valence-electron chi connectivity index (χ4n) is 7.93. The van der Waals surface area contributed by atoms with Crippen LogP contribution in [0.3, 0.4) is 0 Å². The predicted octanol–water partition coefficient (Wildman–Crippen LogP) is 11.4. The fraction of sp³-hybridized carbons (Fsp3) is 0.154. The molecule has 0 spiro atoms. The van der Waals surface area contributed by atoms with Crippen LogP contribution in [0, 0.1) is 0 Å². The van der Waals surface area contributed by atoms with Crippen LogP contribution >= 0.6 is 0 Å². The highest BCUT2D eigenvalue weighted by atomic mass is 16.5. The van der Waals surface area contributed by atoms with Crippen LogP contribution in [0.25, 0.3) is 67.6 Å². The smallest absolute Gasteiger partial charge is 0.0879 e. The number of H-pyrrole nitrogens is 2. The van der Waals surface area contributed by atoms with Crippen molar-refractivity contribution in [3.8, 4) is 22.3 Å². The Morgan fingerprint density at radius 3 is 1.00 bits per heavy atom. The first-order valence-corrected chi connectivity index (χ1v) is 20.0. The van der Waals surface area contributed by atoms with Crippen molar-refractivity contribution in [1.29, 1.82) is 0 Å². The summed E-state index contributed by atoms with van der Waals surface area (Å²) in [6.07, 6.45) is 4.36. The van der Waals surface area contributed by atoms with Gasteiger partial charge in [0.1, 0.15) is 0 Å². The Bertz CT molecular complexity index is 2690. The molecule has 8 bridgehead atoms. The van der Waals surface area contributed by atoms with E-state index in [4.69, 9.17) is 28.9 Å². The molecule has 0 radical (unpaired) electrons. The van der Waals surface area contributed by atoms with Gasteiger partial charge in [-0.15, -0.1) is 0 Å². The van der Waals surface area contributed by atoms with Crippen molar-refractivity contribution in [3.63, 3.8) is 0 Å². The summed E-state index contributed by atoms with van der Waals surface area (Å²) in [6.45, 7) is 2.22. The van der Waals surface area contributed by atoms with Gasteiger partial charge in [0.05, 0.1) is 60.2 Å². The molecule has 8 nitrogen and oxygen atoms in total. The van der Waals surface area contributed by atoms with E-state index in [1.165, 1.54) is 0 Å². The summed E-state index contributed by atoms with van der Waals surface area (Å²) in [4.78, 5) is 18.1. The molecule has 2 N–H and O–H groups in total. The lowest BCUT2D eigenvalue weighted by Crippen LogP contribution is -1.89. The second-order valence-electron chi connectivity index (χ2n) is 15.1. The number of hydrogen-bond donors (Lipinski definition) is 2. The summed E-state index contributed by atoms with van der Waals surface area (Å²) in [6, 6.07) is 47.0. The van der Waals surface area contributed by atoms with Crippen molar-refractivity contribution in [2.75, 3.05) is 28.4 Å². The topological polar surface area (TPSA) is 94.3 Å². The number of benzene rings is 4. The van der Waals surface area contributed by atoms with Gasteiger partial charge >= 0.3 is 0 Å². The van der Waals surface area contributed by atoms with Gasteiger partial charge in [0.25, 0.3) is 0 Å². The van der Waals surface area contributed by atoms with Crippen LogP contribution in [0.5, 0.6) is 0 Å². The van der Waals surface area contributed by atoms with Crippen LogP contribution < -0.4 is 0 Å². The van der Waals surface area contributed by atoms with Gasteiger partial charge in [-0.2, -0.15) is 0 Å². The largest absolute Gasteiger partial charge is 0.380 e. The van der Waals surface area contributed by atoms with E-state index in [2.05, 4.69) is 156 Å². The summed E-state index contributed by atoms with van der Waals surface area (Å²) >= 11 is 0. The maximum atomic E-state index is 5.41. The third kappa shape index (κ3) is 8.02. The maximum Gasteiger partial charge on any atom is 0.0879 e. The lowest BCUT2D eigenvalue weighted by molar-refractivity contribution is 0.185. The number of aromatic nitrogens is 4. The molecule has 0 unspecified atom stereocenters. The van der Waals surface area contributed by atoms with Crippen molar-refractivity contribution < 1.29 is 18.9 Å². The lowest BCUT2D eigenvalue weighted by atomic mass is 10.0. The van der Waals surface area contributed by atoms with Crippen molar-refractivity contribution >= 4 is 45.4 Å². The Kier molecular flexibility index (Phi) is 11.2. The standard InChI is InChI=1S/C52H46N4O4/c1-57-29-33-5-13-37(14-6-33)41-25-49-50-26-42(38-15-7-34(8-16-38)30-58-2)47(54-50)23-24-48-44(40-19-11-36(12-20-40)32-60-4)28-52(56-48)51-27-43(46(55-51)22-21-45(41)53-49)39-17-9-35(10-18-39)31-59-3/h5-28,53,56H,29-32H2,1-4H3. The number of aromatic amines is 2. The zero-order chi connectivity index (χ0) is 41.0. The SMILES string of the molecule is COCc1ccc(C2=Cc3nc2ccc2[nH]c(cc2-c2ccc(COC)cc2)c2nc(ccc4[nH]c3cc4-c3ccc(COC)cc3)C(c3ccc(COC)cc3)=C2)cc1. The third-order valence-corrected chi connectivity index (χ3v) is 11.0. The van der Waals surface area contributed by atoms with Gasteiger partial charge in [-0.05, 0) is 93.1 Å². The Balaban J connectivity index is 1.30. The number of fused-ring (bicyclic) bond motifs is 10. The van der Waals surface area contributed by atoms with Crippen LogP contribution in [0.2, 0.25) is 0 Å². The van der Waals surface area contributed by atoms with E-state index in [1.807, 2.05) is 0 Å². The molecule has 0 saturated heterocycles. The van der Waals surface area contributed by atoms with Crippen molar-refractivity contribution in [2.45, 2.75) is 26.4 Å². The summed E-state index contributed by atoms with van der Waals surface area (Å²) in [5.74, 6) is 0. The molecule has 9 rings (SSSR count). The molecule has 3 aromatic heterocycles. The van der Waals surface area contributed by atoms with Gasteiger partial charge in [-0.3, -0.25) is 0 Å². The molecule has 8 heteroatoms. The van der Waals surface area contributed by atoms with E-state index < -0.39 is 0 Å². The molecule has 0 amide bonds. The van der Waals surface area contributed by atoms with Crippen LogP contribution in [-0.4, -0.2) is 48.4 Å². The third-order valence-electron chi connectivity index (χ3n) is 11.0. The Labute approximate surface area is 349 Å².